The molecular formula is C21H19ClN2O3. The second kappa shape index (κ2) is 10.1. The van der Waals surface area contributed by atoms with Gasteiger partial charge in [-0.25, -0.2) is 0 Å². The summed E-state index contributed by atoms with van der Waals surface area (Å²) in [6.45, 7) is 0.135. The zero-order valence-corrected chi connectivity index (χ0v) is 15.6. The van der Waals surface area contributed by atoms with Gasteiger partial charge in [0.25, 0.3) is 5.91 Å². The van der Waals surface area contributed by atoms with Crippen LogP contribution in [0.15, 0.2) is 48.5 Å². The summed E-state index contributed by atoms with van der Waals surface area (Å²) in [4.78, 5) is 35.6. The Morgan fingerprint density at radius 2 is 1.70 bits per heavy atom. The van der Waals surface area contributed by atoms with Gasteiger partial charge in [-0.3, -0.25) is 14.4 Å². The summed E-state index contributed by atoms with van der Waals surface area (Å²) < 4.78 is 0. The average Bonchev–Trinajstić information content (AvgIpc) is 2.69. The van der Waals surface area contributed by atoms with Crippen molar-refractivity contribution in [1.82, 2.24) is 10.6 Å². The highest BCUT2D eigenvalue weighted by atomic mass is 35.5. The normalized spacial score (nSPS) is 9.70. The zero-order valence-electron chi connectivity index (χ0n) is 14.8. The minimum atomic E-state index is -0.258. The minimum absolute atomic E-state index is 0.0813. The third-order valence-electron chi connectivity index (χ3n) is 3.74. The molecule has 0 unspecified atom stereocenters. The van der Waals surface area contributed by atoms with E-state index in [-0.39, 0.29) is 37.0 Å². The lowest BCUT2D eigenvalue weighted by molar-refractivity contribution is -0.120. The first-order valence-corrected chi connectivity index (χ1v) is 8.74. The van der Waals surface area contributed by atoms with Gasteiger partial charge in [0.1, 0.15) is 0 Å². The van der Waals surface area contributed by atoms with Gasteiger partial charge in [-0.1, -0.05) is 35.6 Å². The Balaban J connectivity index is 1.82. The summed E-state index contributed by atoms with van der Waals surface area (Å²) in [6.07, 6.45) is 0.193. The molecule has 0 aliphatic heterocycles. The molecule has 6 heteroatoms. The van der Waals surface area contributed by atoms with Crippen molar-refractivity contribution in [3.8, 4) is 11.8 Å². The van der Waals surface area contributed by atoms with Crippen LogP contribution in [0.3, 0.4) is 0 Å². The van der Waals surface area contributed by atoms with Gasteiger partial charge < -0.3 is 10.6 Å². The second-order valence-corrected chi connectivity index (χ2v) is 6.07. The van der Waals surface area contributed by atoms with Crippen molar-refractivity contribution in [2.45, 2.75) is 12.8 Å². The minimum Gasteiger partial charge on any atom is -0.355 e. The van der Waals surface area contributed by atoms with E-state index in [0.717, 1.165) is 0 Å². The van der Waals surface area contributed by atoms with Crippen LogP contribution < -0.4 is 10.6 Å². The number of hydrogen-bond donors (Lipinski definition) is 2. The van der Waals surface area contributed by atoms with Crippen molar-refractivity contribution >= 4 is 29.2 Å². The molecular weight excluding hydrogens is 364 g/mol. The first-order chi connectivity index (χ1) is 13.0. The molecule has 0 saturated heterocycles. The fraction of sp³-hybridized carbons (Fsp3) is 0.190. The van der Waals surface area contributed by atoms with Crippen molar-refractivity contribution in [3.05, 3.63) is 70.2 Å². The van der Waals surface area contributed by atoms with E-state index < -0.39 is 0 Å². The molecule has 0 fully saturated rings. The molecule has 0 radical (unpaired) electrons. The van der Waals surface area contributed by atoms with Crippen LogP contribution in [0.1, 0.15) is 39.1 Å². The summed E-state index contributed by atoms with van der Waals surface area (Å²) in [6, 6.07) is 13.5. The van der Waals surface area contributed by atoms with E-state index in [2.05, 4.69) is 22.5 Å². The van der Waals surface area contributed by atoms with Gasteiger partial charge in [0.05, 0.1) is 12.1 Å². The predicted octanol–water partition coefficient (Wildman–Crippen LogP) is 2.83. The van der Waals surface area contributed by atoms with E-state index in [1.807, 2.05) is 0 Å². The molecule has 0 aromatic heterocycles. The van der Waals surface area contributed by atoms with Gasteiger partial charge >= 0.3 is 0 Å². The van der Waals surface area contributed by atoms with Crippen LogP contribution in [-0.4, -0.2) is 31.2 Å². The summed E-state index contributed by atoms with van der Waals surface area (Å²) in [5.74, 6) is 5.10. The molecule has 2 N–H and O–H groups in total. The van der Waals surface area contributed by atoms with E-state index in [1.54, 1.807) is 55.6 Å². The maximum atomic E-state index is 12.0. The standard InChI is InChI=1S/C21H19ClN2O3/c1-23-21(27)18-7-3-2-5-15(18)6-4-14-24-20(26)13-12-19(25)16-8-10-17(22)11-9-16/h2-3,5,7-11H,12-14H2,1H3,(H,23,27)(H,24,26). The van der Waals surface area contributed by atoms with Crippen molar-refractivity contribution in [1.29, 1.82) is 0 Å². The molecule has 0 atom stereocenters. The highest BCUT2D eigenvalue weighted by molar-refractivity contribution is 6.30. The molecule has 0 spiro atoms. The van der Waals surface area contributed by atoms with Crippen LogP contribution in [0.5, 0.6) is 0 Å². The Kier molecular flexibility index (Phi) is 7.60. The lowest BCUT2D eigenvalue weighted by Gasteiger charge is -2.03. The smallest absolute Gasteiger partial charge is 0.252 e. The quantitative estimate of drug-likeness (QED) is 0.596. The van der Waals surface area contributed by atoms with Crippen LogP contribution in [0.4, 0.5) is 0 Å². The summed E-state index contributed by atoms with van der Waals surface area (Å²) in [7, 11) is 1.55. The average molecular weight is 383 g/mol. The number of ketones is 1. The summed E-state index contributed by atoms with van der Waals surface area (Å²) in [5.41, 5.74) is 1.59. The first kappa shape index (κ1) is 20.2. The molecule has 27 heavy (non-hydrogen) atoms. The van der Waals surface area contributed by atoms with Gasteiger partial charge in [0.15, 0.2) is 5.78 Å². The van der Waals surface area contributed by atoms with Gasteiger partial charge in [0.2, 0.25) is 5.91 Å². The fourth-order valence-corrected chi connectivity index (χ4v) is 2.43. The number of amides is 2. The van der Waals surface area contributed by atoms with Crippen molar-refractivity contribution in [3.63, 3.8) is 0 Å². The molecule has 0 heterocycles. The third-order valence-corrected chi connectivity index (χ3v) is 3.99. The third kappa shape index (κ3) is 6.28. The van der Waals surface area contributed by atoms with E-state index in [4.69, 9.17) is 11.6 Å². The molecule has 5 nitrogen and oxygen atoms in total. The maximum Gasteiger partial charge on any atom is 0.252 e. The Bertz CT molecular complexity index is 896. The number of carbonyl (C=O) groups excluding carboxylic acids is 3. The zero-order chi connectivity index (χ0) is 19.6. The predicted molar refractivity (Wildman–Crippen MR) is 105 cm³/mol. The second-order valence-electron chi connectivity index (χ2n) is 5.63. The Hall–Kier alpha value is -3.10. The molecule has 138 valence electrons. The molecule has 2 aromatic carbocycles. The van der Waals surface area contributed by atoms with Crippen molar-refractivity contribution in [2.24, 2.45) is 0 Å². The highest BCUT2D eigenvalue weighted by Gasteiger charge is 2.09. The van der Waals surface area contributed by atoms with Crippen LogP contribution >= 0.6 is 11.6 Å². The first-order valence-electron chi connectivity index (χ1n) is 8.36. The molecule has 0 aliphatic rings. The highest BCUT2D eigenvalue weighted by Crippen LogP contribution is 2.12. The van der Waals surface area contributed by atoms with Crippen LogP contribution in [0.2, 0.25) is 5.02 Å². The summed E-state index contributed by atoms with van der Waals surface area (Å²) in [5, 5.41) is 5.76. The van der Waals surface area contributed by atoms with Gasteiger partial charge in [0, 0.05) is 36.0 Å². The van der Waals surface area contributed by atoms with E-state index in [1.165, 1.54) is 0 Å². The van der Waals surface area contributed by atoms with Gasteiger partial charge in [-0.2, -0.15) is 0 Å². The fourth-order valence-electron chi connectivity index (χ4n) is 2.30. The van der Waals surface area contributed by atoms with Crippen molar-refractivity contribution < 1.29 is 14.4 Å². The number of nitrogens with one attached hydrogen (secondary N) is 2. The topological polar surface area (TPSA) is 75.3 Å². The number of carbonyl (C=O) groups is 3. The lowest BCUT2D eigenvalue weighted by Crippen LogP contribution is -2.24. The Labute approximate surface area is 163 Å². The molecule has 0 aliphatic carbocycles. The van der Waals surface area contributed by atoms with Crippen LogP contribution in [0, 0.1) is 11.8 Å². The molecule has 2 amide bonds. The number of benzene rings is 2. The molecule has 0 saturated carbocycles. The molecule has 2 rings (SSSR count). The molecule has 2 aromatic rings. The Morgan fingerprint density at radius 1 is 1.00 bits per heavy atom. The lowest BCUT2D eigenvalue weighted by atomic mass is 10.1. The molecule has 0 bridgehead atoms. The van der Waals surface area contributed by atoms with Crippen LogP contribution in [-0.2, 0) is 4.79 Å². The van der Waals surface area contributed by atoms with Gasteiger partial charge in [-0.15, -0.1) is 0 Å². The van der Waals surface area contributed by atoms with Gasteiger partial charge in [-0.05, 0) is 36.4 Å². The number of halogens is 1. The van der Waals surface area contributed by atoms with Crippen molar-refractivity contribution in [2.75, 3.05) is 13.6 Å². The van der Waals surface area contributed by atoms with E-state index in [9.17, 15) is 14.4 Å². The number of hydrogen-bond acceptors (Lipinski definition) is 3. The SMILES string of the molecule is CNC(=O)c1ccccc1C#CCNC(=O)CCC(=O)c1ccc(Cl)cc1. The van der Waals surface area contributed by atoms with Crippen LogP contribution in [0.25, 0.3) is 0 Å². The summed E-state index contributed by atoms with van der Waals surface area (Å²) >= 11 is 5.78. The van der Waals surface area contributed by atoms with E-state index >= 15 is 0 Å². The maximum absolute atomic E-state index is 12.0. The Morgan fingerprint density at radius 3 is 2.41 bits per heavy atom. The largest absolute Gasteiger partial charge is 0.355 e. The number of Topliss-reactive ketones (excluding diaryl/α,β-unsaturated/α-hetero) is 1. The number of rotatable bonds is 6. The van der Waals surface area contributed by atoms with E-state index in [0.29, 0.717) is 21.7 Å². The monoisotopic (exact) mass is 382 g/mol.